The van der Waals surface area contributed by atoms with E-state index in [0.717, 1.165) is 0 Å². The summed E-state index contributed by atoms with van der Waals surface area (Å²) in [5.41, 5.74) is 0.689. The van der Waals surface area contributed by atoms with Gasteiger partial charge in [0, 0.05) is 17.6 Å². The molecule has 2 rings (SSSR count). The van der Waals surface area contributed by atoms with Crippen molar-refractivity contribution in [3.05, 3.63) is 33.7 Å². The molecule has 0 atom stereocenters. The smallest absolute Gasteiger partial charge is 0.140 e. The second-order valence-corrected chi connectivity index (χ2v) is 3.64. The van der Waals surface area contributed by atoms with Crippen molar-refractivity contribution in [1.82, 2.24) is 9.97 Å². The summed E-state index contributed by atoms with van der Waals surface area (Å²) in [6.07, 6.45) is 1.54. The van der Waals surface area contributed by atoms with Gasteiger partial charge in [0.2, 0.25) is 0 Å². The molecular formula is C8H3Cl3N2. The molecule has 0 saturated heterocycles. The van der Waals surface area contributed by atoms with Gasteiger partial charge in [-0.1, -0.05) is 34.8 Å². The standard InChI is InChI=1S/C8H3Cl3N2/c9-4-1-5-6(12-3-4)2-7(10)13-8(5)11/h1-3H. The first-order valence-corrected chi connectivity index (χ1v) is 4.57. The summed E-state index contributed by atoms with van der Waals surface area (Å²) in [6.45, 7) is 0. The van der Waals surface area contributed by atoms with Gasteiger partial charge in [-0.05, 0) is 6.07 Å². The summed E-state index contributed by atoms with van der Waals surface area (Å²) < 4.78 is 0. The highest BCUT2D eigenvalue weighted by Gasteiger charge is 2.04. The monoisotopic (exact) mass is 232 g/mol. The van der Waals surface area contributed by atoms with E-state index in [1.54, 1.807) is 12.1 Å². The molecule has 66 valence electrons. The molecule has 0 aliphatic rings. The van der Waals surface area contributed by atoms with Crippen molar-refractivity contribution in [1.29, 1.82) is 0 Å². The van der Waals surface area contributed by atoms with E-state index in [-0.39, 0.29) is 0 Å². The van der Waals surface area contributed by atoms with Crippen LogP contribution in [-0.4, -0.2) is 9.97 Å². The van der Waals surface area contributed by atoms with Gasteiger partial charge >= 0.3 is 0 Å². The quantitative estimate of drug-likeness (QED) is 0.650. The van der Waals surface area contributed by atoms with E-state index in [9.17, 15) is 0 Å². The van der Waals surface area contributed by atoms with E-state index < -0.39 is 0 Å². The maximum absolute atomic E-state index is 5.84. The van der Waals surface area contributed by atoms with Crippen molar-refractivity contribution in [3.63, 3.8) is 0 Å². The van der Waals surface area contributed by atoms with Crippen LogP contribution in [0.1, 0.15) is 0 Å². The molecule has 0 aromatic carbocycles. The van der Waals surface area contributed by atoms with Crippen LogP contribution in [0, 0.1) is 0 Å². The van der Waals surface area contributed by atoms with Crippen LogP contribution >= 0.6 is 34.8 Å². The van der Waals surface area contributed by atoms with Crippen LogP contribution < -0.4 is 0 Å². The Hall–Kier alpha value is -0.570. The fraction of sp³-hybridized carbons (Fsp3) is 0. The summed E-state index contributed by atoms with van der Waals surface area (Å²) in [5, 5.41) is 1.88. The van der Waals surface area contributed by atoms with Gasteiger partial charge in [0.15, 0.2) is 0 Å². The highest BCUT2D eigenvalue weighted by Crippen LogP contribution is 2.25. The SMILES string of the molecule is Clc1cnc2cc(Cl)nc(Cl)c2c1. The van der Waals surface area contributed by atoms with Crippen LogP contribution in [0.4, 0.5) is 0 Å². The number of hydrogen-bond donors (Lipinski definition) is 0. The fourth-order valence-corrected chi connectivity index (χ4v) is 1.66. The van der Waals surface area contributed by atoms with Gasteiger partial charge < -0.3 is 0 Å². The van der Waals surface area contributed by atoms with Crippen molar-refractivity contribution in [2.75, 3.05) is 0 Å². The molecule has 0 saturated carbocycles. The molecule has 2 aromatic heterocycles. The topological polar surface area (TPSA) is 25.8 Å². The molecule has 2 nitrogen and oxygen atoms in total. The predicted octanol–water partition coefficient (Wildman–Crippen LogP) is 3.59. The average molecular weight is 233 g/mol. The molecule has 0 amide bonds. The molecule has 0 bridgehead atoms. The lowest BCUT2D eigenvalue weighted by Gasteiger charge is -1.99. The van der Waals surface area contributed by atoms with Crippen LogP contribution in [0.15, 0.2) is 18.3 Å². The predicted molar refractivity (Wildman–Crippen MR) is 54.6 cm³/mol. The van der Waals surface area contributed by atoms with E-state index >= 15 is 0 Å². The summed E-state index contributed by atoms with van der Waals surface area (Å²) in [5.74, 6) is 0. The molecule has 0 aliphatic heterocycles. The Kier molecular flexibility index (Phi) is 2.28. The van der Waals surface area contributed by atoms with Crippen molar-refractivity contribution in [2.45, 2.75) is 0 Å². The zero-order valence-corrected chi connectivity index (χ0v) is 8.53. The molecular weight excluding hydrogens is 230 g/mol. The second kappa shape index (κ2) is 3.29. The highest BCUT2D eigenvalue weighted by atomic mass is 35.5. The highest BCUT2D eigenvalue weighted by molar-refractivity contribution is 6.37. The Morgan fingerprint density at radius 2 is 1.85 bits per heavy atom. The van der Waals surface area contributed by atoms with Crippen molar-refractivity contribution < 1.29 is 0 Å². The molecule has 2 heterocycles. The van der Waals surface area contributed by atoms with Gasteiger partial charge in [-0.2, -0.15) is 0 Å². The Labute approximate surface area is 89.5 Å². The van der Waals surface area contributed by atoms with E-state index in [2.05, 4.69) is 9.97 Å². The summed E-state index contributed by atoms with van der Waals surface area (Å²) in [4.78, 5) is 7.94. The van der Waals surface area contributed by atoms with Crippen LogP contribution in [0.5, 0.6) is 0 Å². The number of aromatic nitrogens is 2. The van der Waals surface area contributed by atoms with Gasteiger partial charge in [0.1, 0.15) is 10.3 Å². The van der Waals surface area contributed by atoms with E-state index in [0.29, 0.717) is 26.2 Å². The maximum atomic E-state index is 5.84. The number of rotatable bonds is 0. The largest absolute Gasteiger partial charge is 0.254 e. The molecule has 0 spiro atoms. The van der Waals surface area contributed by atoms with Crippen LogP contribution in [0.25, 0.3) is 10.9 Å². The van der Waals surface area contributed by atoms with Gasteiger partial charge in [-0.25, -0.2) is 4.98 Å². The second-order valence-electron chi connectivity index (χ2n) is 2.46. The zero-order valence-electron chi connectivity index (χ0n) is 6.26. The molecule has 5 heteroatoms. The Morgan fingerprint density at radius 1 is 1.08 bits per heavy atom. The summed E-state index contributed by atoms with van der Waals surface area (Å²) in [6, 6.07) is 3.34. The average Bonchev–Trinajstić information content (AvgIpc) is 2.06. The first-order valence-electron chi connectivity index (χ1n) is 3.44. The van der Waals surface area contributed by atoms with Gasteiger partial charge in [0.25, 0.3) is 0 Å². The maximum Gasteiger partial charge on any atom is 0.140 e. The van der Waals surface area contributed by atoms with Gasteiger partial charge in [-0.3, -0.25) is 4.98 Å². The summed E-state index contributed by atoms with van der Waals surface area (Å²) in [7, 11) is 0. The minimum atomic E-state index is 0.317. The lowest BCUT2D eigenvalue weighted by molar-refractivity contribution is 1.32. The van der Waals surface area contributed by atoms with Crippen molar-refractivity contribution in [3.8, 4) is 0 Å². The third-order valence-corrected chi connectivity index (χ3v) is 2.26. The number of nitrogens with zero attached hydrogens (tertiary/aromatic N) is 2. The molecule has 2 aromatic rings. The van der Waals surface area contributed by atoms with Crippen molar-refractivity contribution >= 4 is 45.7 Å². The molecule has 0 unspecified atom stereocenters. The Bertz CT molecular complexity index is 470. The molecule has 13 heavy (non-hydrogen) atoms. The van der Waals surface area contributed by atoms with Gasteiger partial charge in [-0.15, -0.1) is 0 Å². The van der Waals surface area contributed by atoms with E-state index in [1.807, 2.05) is 0 Å². The van der Waals surface area contributed by atoms with E-state index in [1.165, 1.54) is 6.20 Å². The van der Waals surface area contributed by atoms with E-state index in [4.69, 9.17) is 34.8 Å². The zero-order chi connectivity index (χ0) is 9.42. The molecule has 0 aliphatic carbocycles. The Morgan fingerprint density at radius 3 is 2.62 bits per heavy atom. The normalized spacial score (nSPS) is 10.7. The first-order chi connectivity index (χ1) is 6.16. The molecule has 0 fully saturated rings. The van der Waals surface area contributed by atoms with Gasteiger partial charge in [0.05, 0.1) is 10.5 Å². The van der Waals surface area contributed by atoms with Crippen molar-refractivity contribution in [2.24, 2.45) is 0 Å². The minimum absolute atomic E-state index is 0.317. The van der Waals surface area contributed by atoms with Crippen LogP contribution in [0.3, 0.4) is 0 Å². The first kappa shape index (κ1) is 9.00. The number of fused-ring (bicyclic) bond motifs is 1. The lowest BCUT2D eigenvalue weighted by Crippen LogP contribution is -1.84. The lowest BCUT2D eigenvalue weighted by atomic mass is 10.3. The third kappa shape index (κ3) is 1.70. The number of hydrogen-bond acceptors (Lipinski definition) is 2. The number of pyridine rings is 2. The summed E-state index contributed by atoms with van der Waals surface area (Å²) >= 11 is 17.3. The van der Waals surface area contributed by atoms with Crippen LogP contribution in [0.2, 0.25) is 15.3 Å². The fourth-order valence-electron chi connectivity index (χ4n) is 1.03. The number of halogens is 3. The molecule has 0 N–H and O–H groups in total. The third-order valence-electron chi connectivity index (χ3n) is 1.57. The minimum Gasteiger partial charge on any atom is -0.254 e. The molecule has 0 radical (unpaired) electrons. The van der Waals surface area contributed by atoms with Crippen LogP contribution in [-0.2, 0) is 0 Å². The Balaban J connectivity index is 2.87.